The molecular weight excluding hydrogens is 360 g/mol. The van der Waals surface area contributed by atoms with Crippen molar-refractivity contribution in [1.29, 1.82) is 0 Å². The van der Waals surface area contributed by atoms with E-state index in [1.54, 1.807) is 0 Å². The SMILES string of the molecule is CCCCC(=O)C1C(=O)c2cc3c(cc2C1=O)C(=O)C(C(=O)CCCC)C3=O. The Labute approximate surface area is 162 Å². The number of hydrogen-bond donors (Lipinski definition) is 0. The monoisotopic (exact) mass is 382 g/mol. The van der Waals surface area contributed by atoms with Gasteiger partial charge in [0.2, 0.25) is 0 Å². The molecule has 0 fully saturated rings. The van der Waals surface area contributed by atoms with Gasteiger partial charge >= 0.3 is 0 Å². The van der Waals surface area contributed by atoms with Gasteiger partial charge in [-0.25, -0.2) is 0 Å². The van der Waals surface area contributed by atoms with Gasteiger partial charge in [-0.05, 0) is 25.0 Å². The Bertz CT molecular complexity index is 797. The van der Waals surface area contributed by atoms with Crippen molar-refractivity contribution < 1.29 is 28.8 Å². The minimum Gasteiger partial charge on any atom is -0.298 e. The summed E-state index contributed by atoms with van der Waals surface area (Å²) in [5.41, 5.74) is 0.00521. The molecule has 146 valence electrons. The predicted molar refractivity (Wildman–Crippen MR) is 99.8 cm³/mol. The van der Waals surface area contributed by atoms with Gasteiger partial charge in [-0.1, -0.05) is 26.7 Å². The summed E-state index contributed by atoms with van der Waals surface area (Å²) >= 11 is 0. The maximum atomic E-state index is 12.7. The fourth-order valence-corrected chi connectivity index (χ4v) is 3.85. The zero-order valence-corrected chi connectivity index (χ0v) is 16.0. The highest BCUT2D eigenvalue weighted by Gasteiger charge is 2.48. The first-order valence-corrected chi connectivity index (χ1v) is 9.73. The molecule has 0 amide bonds. The highest BCUT2D eigenvalue weighted by molar-refractivity contribution is 6.39. The highest BCUT2D eigenvalue weighted by atomic mass is 16.2. The van der Waals surface area contributed by atoms with Gasteiger partial charge in [-0.15, -0.1) is 0 Å². The van der Waals surface area contributed by atoms with Crippen molar-refractivity contribution in [2.75, 3.05) is 0 Å². The smallest absolute Gasteiger partial charge is 0.181 e. The number of carbonyl (C=O) groups excluding carboxylic acids is 6. The van der Waals surface area contributed by atoms with E-state index in [4.69, 9.17) is 0 Å². The van der Waals surface area contributed by atoms with Gasteiger partial charge in [0.05, 0.1) is 0 Å². The van der Waals surface area contributed by atoms with E-state index in [-0.39, 0.29) is 35.1 Å². The molecule has 0 aliphatic heterocycles. The molecule has 1 aromatic carbocycles. The van der Waals surface area contributed by atoms with Crippen LogP contribution in [0.4, 0.5) is 0 Å². The predicted octanol–water partition coefficient (Wildman–Crippen LogP) is 3.20. The molecular formula is C22H22O6. The molecule has 0 N–H and O–H groups in total. The normalized spacial score (nSPS) is 16.6. The first-order valence-electron chi connectivity index (χ1n) is 9.73. The standard InChI is InChI=1S/C22H22O6/c1-3-5-7-15(23)17-19(25)11-9-13-14(10-12(11)20(17)26)22(28)18(21(13)27)16(24)8-6-4-2/h9-10,17-18H,3-8H2,1-2H3. The van der Waals surface area contributed by atoms with Gasteiger partial charge in [0.15, 0.2) is 34.7 Å². The molecule has 0 bridgehead atoms. The Morgan fingerprint density at radius 3 is 1.18 bits per heavy atom. The van der Waals surface area contributed by atoms with Gasteiger partial charge in [0.25, 0.3) is 0 Å². The molecule has 0 saturated carbocycles. The molecule has 2 aliphatic rings. The summed E-state index contributed by atoms with van der Waals surface area (Å²) in [7, 11) is 0. The maximum Gasteiger partial charge on any atom is 0.181 e. The summed E-state index contributed by atoms with van der Waals surface area (Å²) in [6.07, 6.45) is 2.97. The van der Waals surface area contributed by atoms with Crippen molar-refractivity contribution >= 4 is 34.7 Å². The van der Waals surface area contributed by atoms with Crippen molar-refractivity contribution in [1.82, 2.24) is 0 Å². The van der Waals surface area contributed by atoms with Crippen LogP contribution in [0.5, 0.6) is 0 Å². The van der Waals surface area contributed by atoms with E-state index < -0.39 is 46.5 Å². The molecule has 0 heterocycles. The number of benzene rings is 1. The van der Waals surface area contributed by atoms with Crippen molar-refractivity contribution in [3.63, 3.8) is 0 Å². The van der Waals surface area contributed by atoms with Crippen molar-refractivity contribution in [3.05, 3.63) is 34.4 Å². The lowest BCUT2D eigenvalue weighted by atomic mass is 9.94. The minimum absolute atomic E-state index is 0.00130. The molecule has 0 aromatic heterocycles. The highest BCUT2D eigenvalue weighted by Crippen LogP contribution is 2.36. The van der Waals surface area contributed by atoms with Crippen molar-refractivity contribution in [2.45, 2.75) is 52.4 Å². The Morgan fingerprint density at radius 2 is 0.929 bits per heavy atom. The third-order valence-electron chi connectivity index (χ3n) is 5.47. The molecule has 1 aromatic rings. The molecule has 6 heteroatoms. The molecule has 0 atom stereocenters. The second-order valence-corrected chi connectivity index (χ2v) is 7.41. The second-order valence-electron chi connectivity index (χ2n) is 7.41. The third-order valence-corrected chi connectivity index (χ3v) is 5.47. The average Bonchev–Trinajstić information content (AvgIpc) is 3.07. The first kappa shape index (κ1) is 20.0. The van der Waals surface area contributed by atoms with E-state index in [2.05, 4.69) is 0 Å². The van der Waals surface area contributed by atoms with Gasteiger partial charge in [0, 0.05) is 35.1 Å². The van der Waals surface area contributed by atoms with E-state index >= 15 is 0 Å². The van der Waals surface area contributed by atoms with Gasteiger partial charge in [-0.2, -0.15) is 0 Å². The second kappa shape index (κ2) is 7.70. The summed E-state index contributed by atoms with van der Waals surface area (Å²) in [5, 5.41) is 0. The zero-order valence-electron chi connectivity index (χ0n) is 16.0. The topological polar surface area (TPSA) is 102 Å². The van der Waals surface area contributed by atoms with E-state index in [0.717, 1.165) is 12.8 Å². The molecule has 2 aliphatic carbocycles. The van der Waals surface area contributed by atoms with Crippen LogP contribution < -0.4 is 0 Å². The molecule has 0 saturated heterocycles. The first-order chi connectivity index (χ1) is 13.3. The average molecular weight is 382 g/mol. The van der Waals surface area contributed by atoms with E-state index in [0.29, 0.717) is 12.8 Å². The van der Waals surface area contributed by atoms with Gasteiger partial charge in [-0.3, -0.25) is 28.8 Å². The van der Waals surface area contributed by atoms with Crippen LogP contribution >= 0.6 is 0 Å². The summed E-state index contributed by atoms with van der Waals surface area (Å²) in [6, 6.07) is 2.46. The number of Topliss-reactive ketones (excluding diaryl/α,β-unsaturated/α-hetero) is 6. The van der Waals surface area contributed by atoms with Crippen LogP contribution in [0.2, 0.25) is 0 Å². The van der Waals surface area contributed by atoms with Crippen LogP contribution in [-0.2, 0) is 9.59 Å². The quantitative estimate of drug-likeness (QED) is 0.640. The largest absolute Gasteiger partial charge is 0.298 e. The number of ketones is 6. The lowest BCUT2D eigenvalue weighted by Crippen LogP contribution is -2.26. The van der Waals surface area contributed by atoms with Gasteiger partial charge < -0.3 is 0 Å². The number of hydrogen-bond acceptors (Lipinski definition) is 6. The van der Waals surface area contributed by atoms with Crippen LogP contribution in [-0.4, -0.2) is 34.7 Å². The summed E-state index contributed by atoms with van der Waals surface area (Å²) < 4.78 is 0. The summed E-state index contributed by atoms with van der Waals surface area (Å²) in [4.78, 5) is 75.2. The number of carbonyl (C=O) groups is 6. The van der Waals surface area contributed by atoms with Crippen LogP contribution in [0.25, 0.3) is 0 Å². The number of rotatable bonds is 8. The third kappa shape index (κ3) is 3.07. The van der Waals surface area contributed by atoms with E-state index in [9.17, 15) is 28.8 Å². The molecule has 3 rings (SSSR count). The Morgan fingerprint density at radius 1 is 0.643 bits per heavy atom. The minimum atomic E-state index is -1.38. The molecule has 0 unspecified atom stereocenters. The fourth-order valence-electron chi connectivity index (χ4n) is 3.85. The molecule has 0 spiro atoms. The Hall–Kier alpha value is -2.76. The lowest BCUT2D eigenvalue weighted by molar-refractivity contribution is -0.121. The Balaban J connectivity index is 1.94. The Kier molecular flexibility index (Phi) is 5.49. The van der Waals surface area contributed by atoms with E-state index in [1.807, 2.05) is 13.8 Å². The summed E-state index contributed by atoms with van der Waals surface area (Å²) in [6.45, 7) is 3.81. The summed E-state index contributed by atoms with van der Waals surface area (Å²) in [5.74, 6) is -6.10. The maximum absolute atomic E-state index is 12.7. The van der Waals surface area contributed by atoms with Crippen molar-refractivity contribution in [3.8, 4) is 0 Å². The van der Waals surface area contributed by atoms with Crippen LogP contribution in [0, 0.1) is 11.8 Å². The zero-order chi connectivity index (χ0) is 20.6. The number of unbranched alkanes of at least 4 members (excludes halogenated alkanes) is 2. The van der Waals surface area contributed by atoms with Crippen molar-refractivity contribution in [2.24, 2.45) is 11.8 Å². The molecule has 28 heavy (non-hydrogen) atoms. The van der Waals surface area contributed by atoms with Crippen LogP contribution in [0.15, 0.2) is 12.1 Å². The van der Waals surface area contributed by atoms with Crippen LogP contribution in [0.1, 0.15) is 93.8 Å². The molecule has 6 nitrogen and oxygen atoms in total. The van der Waals surface area contributed by atoms with Crippen LogP contribution in [0.3, 0.4) is 0 Å². The molecule has 0 radical (unpaired) electrons. The lowest BCUT2D eigenvalue weighted by Gasteiger charge is -2.05. The van der Waals surface area contributed by atoms with Gasteiger partial charge in [0.1, 0.15) is 11.8 Å². The fraction of sp³-hybridized carbons (Fsp3) is 0.455. The number of fused-ring (bicyclic) bond motifs is 2. The van der Waals surface area contributed by atoms with E-state index in [1.165, 1.54) is 12.1 Å².